The van der Waals surface area contributed by atoms with Crippen LogP contribution in [0.4, 0.5) is 5.69 Å². The van der Waals surface area contributed by atoms with E-state index in [1.165, 1.54) is 19.1 Å². The number of nitrogens with zero attached hydrogens (tertiary/aromatic N) is 2. The Morgan fingerprint density at radius 3 is 1.94 bits per heavy atom. The number of carbonyl (C=O) groups excluding carboxylic acids is 3. The molecule has 0 spiro atoms. The van der Waals surface area contributed by atoms with E-state index >= 15 is 0 Å². The molecule has 1 fully saturated rings. The summed E-state index contributed by atoms with van der Waals surface area (Å²) in [6.07, 6.45) is -0.283. The first kappa shape index (κ1) is 33.9. The van der Waals surface area contributed by atoms with Crippen LogP contribution < -0.4 is 0 Å². The number of non-ortho nitro benzene ring substituents is 1. The number of ether oxygens (including phenoxy) is 1. The zero-order chi connectivity index (χ0) is 34.0. The van der Waals surface area contributed by atoms with E-state index < -0.39 is 19.2 Å². The van der Waals surface area contributed by atoms with Gasteiger partial charge >= 0.3 is 5.97 Å². The number of nitro groups is 1. The molecule has 0 saturated carbocycles. The number of hydrogen-bond donors (Lipinski definition) is 0. The van der Waals surface area contributed by atoms with Crippen molar-refractivity contribution < 1.29 is 28.5 Å². The fourth-order valence-electron chi connectivity index (χ4n) is 7.07. The van der Waals surface area contributed by atoms with Crippen LogP contribution in [0.15, 0.2) is 78.5 Å². The lowest BCUT2D eigenvalue weighted by Gasteiger charge is -2.49. The molecule has 0 aliphatic carbocycles. The average Bonchev–Trinajstić information content (AvgIpc) is 3.34. The van der Waals surface area contributed by atoms with Crippen molar-refractivity contribution in [2.75, 3.05) is 0 Å². The van der Waals surface area contributed by atoms with Crippen LogP contribution in [0.2, 0.25) is 18.1 Å². The fourth-order valence-corrected chi connectivity index (χ4v) is 10.0. The maximum atomic E-state index is 13.9. The van der Waals surface area contributed by atoms with Crippen molar-refractivity contribution in [3.05, 3.63) is 105 Å². The number of ketones is 1. The van der Waals surface area contributed by atoms with Gasteiger partial charge in [-0.15, -0.1) is 0 Å². The van der Waals surface area contributed by atoms with E-state index in [9.17, 15) is 24.5 Å². The number of carbonyl (C=O) groups is 3. The molecule has 1 saturated heterocycles. The highest BCUT2D eigenvalue weighted by Crippen LogP contribution is 2.51. The number of benzene rings is 3. The number of hydrogen-bond acceptors (Lipinski definition) is 7. The van der Waals surface area contributed by atoms with Gasteiger partial charge in [0.05, 0.1) is 23.0 Å². The third-order valence-corrected chi connectivity index (χ3v) is 14.8. The van der Waals surface area contributed by atoms with Crippen molar-refractivity contribution in [2.45, 2.75) is 78.4 Å². The van der Waals surface area contributed by atoms with Crippen LogP contribution in [-0.4, -0.2) is 47.9 Å². The van der Waals surface area contributed by atoms with Crippen LogP contribution in [0.25, 0.3) is 16.7 Å². The molecule has 47 heavy (non-hydrogen) atoms. The summed E-state index contributed by atoms with van der Waals surface area (Å²) in [6, 6.07) is 23.8. The molecule has 2 heterocycles. The molecule has 1 amide bonds. The Labute approximate surface area is 276 Å². The Bertz CT molecular complexity index is 1690. The Hall–Kier alpha value is -4.41. The van der Waals surface area contributed by atoms with Crippen molar-refractivity contribution in [1.82, 2.24) is 4.90 Å². The van der Waals surface area contributed by atoms with Gasteiger partial charge in [-0.1, -0.05) is 76.2 Å². The van der Waals surface area contributed by atoms with E-state index in [0.717, 1.165) is 40.4 Å². The lowest BCUT2D eigenvalue weighted by molar-refractivity contribution is -0.384. The first-order valence-corrected chi connectivity index (χ1v) is 18.9. The van der Waals surface area contributed by atoms with Crippen LogP contribution in [0, 0.1) is 22.0 Å². The minimum atomic E-state index is -1.99. The van der Waals surface area contributed by atoms with Crippen LogP contribution in [0.5, 0.6) is 0 Å². The van der Waals surface area contributed by atoms with Gasteiger partial charge in [0, 0.05) is 23.6 Å². The molecule has 0 bridgehead atoms. The highest BCUT2D eigenvalue weighted by molar-refractivity contribution is 6.73. The summed E-state index contributed by atoms with van der Waals surface area (Å²) in [5, 5.41) is 11.1. The minimum absolute atomic E-state index is 0.00589. The number of β-lactam (4-membered cyclic amide) rings is 1. The van der Waals surface area contributed by atoms with E-state index in [0.29, 0.717) is 11.1 Å². The van der Waals surface area contributed by atoms with Crippen LogP contribution in [-0.2, 0) is 25.4 Å². The van der Waals surface area contributed by atoms with Gasteiger partial charge in [0.25, 0.3) is 5.69 Å². The van der Waals surface area contributed by atoms with Crippen LogP contribution in [0.3, 0.4) is 0 Å². The number of rotatable bonds is 13. The van der Waals surface area contributed by atoms with E-state index in [1.54, 1.807) is 29.2 Å². The summed E-state index contributed by atoms with van der Waals surface area (Å²) in [5.41, 5.74) is 4.91. The molecule has 246 valence electrons. The molecule has 0 radical (unpaired) electrons. The van der Waals surface area contributed by atoms with Crippen molar-refractivity contribution in [2.24, 2.45) is 11.8 Å². The summed E-state index contributed by atoms with van der Waals surface area (Å²) in [4.78, 5) is 51.6. The molecule has 0 N–H and O–H groups in total. The lowest BCUT2D eigenvalue weighted by Crippen LogP contribution is -2.65. The molecular weight excluding hydrogens is 613 g/mol. The normalized spacial score (nSPS) is 19.7. The predicted octanol–water partition coefficient (Wildman–Crippen LogP) is 7.81. The number of esters is 1. The molecule has 4 atom stereocenters. The Kier molecular flexibility index (Phi) is 9.93. The Morgan fingerprint density at radius 1 is 0.894 bits per heavy atom. The largest absolute Gasteiger partial charge is 0.456 e. The molecule has 0 aromatic heterocycles. The van der Waals surface area contributed by atoms with E-state index in [4.69, 9.17) is 9.16 Å². The predicted molar refractivity (Wildman–Crippen MR) is 183 cm³/mol. The maximum absolute atomic E-state index is 13.9. The molecular formula is C37H42N2O7Si. The lowest BCUT2D eigenvalue weighted by atomic mass is 9.77. The second-order valence-electron chi connectivity index (χ2n) is 12.6. The Balaban J connectivity index is 1.46. The third-order valence-electron chi connectivity index (χ3n) is 10.1. The smallest absolute Gasteiger partial charge is 0.355 e. The molecule has 2 aliphatic rings. The van der Waals surface area contributed by atoms with Gasteiger partial charge < -0.3 is 14.1 Å². The summed E-state index contributed by atoms with van der Waals surface area (Å²) in [7, 11) is -1.99. The molecule has 9 nitrogen and oxygen atoms in total. The zero-order valence-corrected chi connectivity index (χ0v) is 28.8. The van der Waals surface area contributed by atoms with Crippen molar-refractivity contribution in [3.63, 3.8) is 0 Å². The molecule has 2 aliphatic heterocycles. The Morgan fingerprint density at radius 2 is 1.43 bits per heavy atom. The van der Waals surface area contributed by atoms with Gasteiger partial charge in [-0.25, -0.2) is 4.79 Å². The fraction of sp³-hybridized carbons (Fsp3) is 0.378. The molecule has 5 rings (SSSR count). The molecule has 3 aromatic carbocycles. The number of Topliss-reactive ketones (excluding diaryl/α,β-unsaturated/α-hetero) is 1. The standard InChI is InChI=1S/C37H42N2O7Si/c1-7-47(8-2,9-3)46-25(6)33-34-23(4)32(30-18-16-29(17-19-30)28-14-12-27(13-15-28)24(5)40)35(38(34)36(33)41)37(42)45-22-26-10-20-31(21-11-26)39(43)44/h10-21,23,25,33-34H,7-9,22H2,1-6H3/t23-,25?,33?,34?/m0/s1. The first-order valence-electron chi connectivity index (χ1n) is 16.3. The molecule has 10 heteroatoms. The quantitative estimate of drug-likeness (QED) is 0.0461. The zero-order valence-electron chi connectivity index (χ0n) is 27.8. The summed E-state index contributed by atoms with van der Waals surface area (Å²) in [5.74, 6) is -1.29. The van der Waals surface area contributed by atoms with E-state index in [1.807, 2.05) is 50.2 Å². The van der Waals surface area contributed by atoms with E-state index in [2.05, 4.69) is 20.8 Å². The third kappa shape index (κ3) is 6.44. The average molecular weight is 655 g/mol. The summed E-state index contributed by atoms with van der Waals surface area (Å²) >= 11 is 0. The van der Waals surface area contributed by atoms with Crippen molar-refractivity contribution in [1.29, 1.82) is 0 Å². The number of amides is 1. The van der Waals surface area contributed by atoms with Crippen molar-refractivity contribution >= 4 is 37.2 Å². The van der Waals surface area contributed by atoms with Crippen LogP contribution in [0.1, 0.15) is 63.0 Å². The second kappa shape index (κ2) is 13.7. The highest BCUT2D eigenvalue weighted by atomic mass is 28.4. The molecule has 3 unspecified atom stereocenters. The van der Waals surface area contributed by atoms with Gasteiger partial charge in [-0.2, -0.15) is 0 Å². The topological polar surface area (TPSA) is 116 Å². The summed E-state index contributed by atoms with van der Waals surface area (Å²) in [6.45, 7) is 12.0. The van der Waals surface area contributed by atoms with Gasteiger partial charge in [0.2, 0.25) is 5.91 Å². The van der Waals surface area contributed by atoms with Crippen LogP contribution >= 0.6 is 0 Å². The SMILES string of the molecule is CC[Si](CC)(CC)OC(C)C1C(=O)N2C(C(=O)OCc3ccc([N+](=O)[O-])cc3)=C(c3ccc(-c4ccc(C(C)=O)cc4)cc3)[C@H](C)C12. The van der Waals surface area contributed by atoms with Gasteiger partial charge in [-0.3, -0.25) is 19.7 Å². The first-order chi connectivity index (χ1) is 22.4. The van der Waals surface area contributed by atoms with E-state index in [-0.39, 0.29) is 53.7 Å². The van der Waals surface area contributed by atoms with Gasteiger partial charge in [0.1, 0.15) is 12.3 Å². The number of fused-ring (bicyclic) bond motifs is 1. The van der Waals surface area contributed by atoms with Gasteiger partial charge in [-0.05, 0) is 71.9 Å². The highest BCUT2D eigenvalue weighted by Gasteiger charge is 2.61. The second-order valence-corrected chi connectivity index (χ2v) is 17.3. The molecule has 3 aromatic rings. The number of nitro benzene ring substituents is 1. The van der Waals surface area contributed by atoms with Gasteiger partial charge in [0.15, 0.2) is 14.1 Å². The maximum Gasteiger partial charge on any atom is 0.355 e. The monoisotopic (exact) mass is 654 g/mol. The minimum Gasteiger partial charge on any atom is -0.456 e. The van der Waals surface area contributed by atoms with Crippen molar-refractivity contribution in [3.8, 4) is 11.1 Å². The summed E-state index contributed by atoms with van der Waals surface area (Å²) < 4.78 is 12.5.